The third-order valence-electron chi connectivity index (χ3n) is 8.24. The topological polar surface area (TPSA) is 44.8 Å². The summed E-state index contributed by atoms with van der Waals surface area (Å²) in [6.07, 6.45) is 1.12. The Morgan fingerprint density at radius 3 is 2.28 bits per heavy atom. The Bertz CT molecular complexity index is 1090. The first kappa shape index (κ1) is 26.6. The van der Waals surface area contributed by atoms with Crippen molar-refractivity contribution < 1.29 is 13.6 Å². The molecule has 194 valence electrons. The van der Waals surface area contributed by atoms with Gasteiger partial charge in [-0.05, 0) is 40.9 Å². The van der Waals surface area contributed by atoms with Gasteiger partial charge in [0.25, 0.3) is 0 Å². The number of nitrogens with one attached hydrogen (secondary N) is 1. The van der Waals surface area contributed by atoms with Crippen molar-refractivity contribution in [3.63, 3.8) is 0 Å². The molecule has 2 aliphatic rings. The van der Waals surface area contributed by atoms with Crippen LogP contribution in [-0.4, -0.2) is 69.7 Å². The van der Waals surface area contributed by atoms with Crippen molar-refractivity contribution in [3.05, 3.63) is 77.9 Å². The molecule has 0 aliphatic carbocycles. The van der Waals surface area contributed by atoms with Gasteiger partial charge in [-0.25, -0.2) is 9.18 Å². The molecular formula is C29H40FN3O2Si. The van der Waals surface area contributed by atoms with Crippen molar-refractivity contribution in [2.75, 3.05) is 33.3 Å². The summed E-state index contributed by atoms with van der Waals surface area (Å²) in [6.45, 7) is 12.6. The highest BCUT2D eigenvalue weighted by Crippen LogP contribution is 2.44. The molecule has 0 unspecified atom stereocenters. The first-order chi connectivity index (χ1) is 17.0. The van der Waals surface area contributed by atoms with E-state index in [4.69, 9.17) is 4.43 Å². The van der Waals surface area contributed by atoms with Crippen LogP contribution in [0.3, 0.4) is 0 Å². The molecule has 1 fully saturated rings. The number of urea groups is 1. The number of nitrogens with zero attached hydrogens (tertiary/aromatic N) is 2. The normalized spacial score (nSPS) is 24.6. The van der Waals surface area contributed by atoms with E-state index in [2.05, 4.69) is 69.5 Å². The molecule has 0 saturated carbocycles. The van der Waals surface area contributed by atoms with Crippen molar-refractivity contribution in [3.8, 4) is 0 Å². The van der Waals surface area contributed by atoms with Gasteiger partial charge in [0.15, 0.2) is 8.32 Å². The van der Waals surface area contributed by atoms with Gasteiger partial charge in [-0.15, -0.1) is 0 Å². The number of hydrogen-bond donors (Lipinski definition) is 1. The molecule has 0 aromatic heterocycles. The Hall–Kier alpha value is -2.48. The molecule has 7 heteroatoms. The van der Waals surface area contributed by atoms with E-state index in [1.165, 1.54) is 0 Å². The summed E-state index contributed by atoms with van der Waals surface area (Å²) in [5.41, 5.74) is 2.35. The maximum absolute atomic E-state index is 14.7. The molecule has 2 heterocycles. The summed E-state index contributed by atoms with van der Waals surface area (Å²) in [7, 11) is -0.413. The lowest BCUT2D eigenvalue weighted by Gasteiger charge is -2.44. The Morgan fingerprint density at radius 2 is 1.72 bits per heavy atom. The summed E-state index contributed by atoms with van der Waals surface area (Å²) < 4.78 is 21.5. The molecule has 3 atom stereocenters. The van der Waals surface area contributed by atoms with Gasteiger partial charge in [-0.3, -0.25) is 0 Å². The van der Waals surface area contributed by atoms with Crippen LogP contribution in [0.4, 0.5) is 9.18 Å². The van der Waals surface area contributed by atoms with Crippen LogP contribution in [0.2, 0.25) is 18.1 Å². The fourth-order valence-electron chi connectivity index (χ4n) is 4.81. The average molecular weight is 510 g/mol. The van der Waals surface area contributed by atoms with E-state index in [0.29, 0.717) is 19.7 Å². The lowest BCUT2D eigenvalue weighted by atomic mass is 9.89. The fraction of sp³-hybridized carbons (Fsp3) is 0.483. The number of rotatable bonds is 6. The maximum Gasteiger partial charge on any atom is 0.321 e. The second kappa shape index (κ2) is 10.1. The van der Waals surface area contributed by atoms with Crippen LogP contribution in [0.1, 0.15) is 31.9 Å². The molecule has 0 spiro atoms. The predicted octanol–water partition coefficient (Wildman–Crippen LogP) is 5.66. The summed E-state index contributed by atoms with van der Waals surface area (Å²) in [5.74, 6) is 0. The molecule has 2 aromatic carbocycles. The minimum Gasteiger partial charge on any atom is -0.414 e. The lowest BCUT2D eigenvalue weighted by Crippen LogP contribution is -2.57. The lowest BCUT2D eigenvalue weighted by molar-refractivity contribution is 0.0767. The number of amides is 2. The Morgan fingerprint density at radius 1 is 1.11 bits per heavy atom. The van der Waals surface area contributed by atoms with Crippen molar-refractivity contribution in [2.45, 2.75) is 56.7 Å². The number of benzene rings is 2. The van der Waals surface area contributed by atoms with Gasteiger partial charge in [0, 0.05) is 26.7 Å². The largest absolute Gasteiger partial charge is 0.414 e. The number of hydrogen-bond acceptors (Lipinski definition) is 3. The van der Waals surface area contributed by atoms with Crippen LogP contribution in [0.15, 0.2) is 66.7 Å². The van der Waals surface area contributed by atoms with E-state index < -0.39 is 26.1 Å². The van der Waals surface area contributed by atoms with Gasteiger partial charge in [0.05, 0.1) is 12.6 Å². The van der Waals surface area contributed by atoms with Gasteiger partial charge >= 0.3 is 6.03 Å². The molecule has 4 rings (SSSR count). The standard InChI is InChI=1S/C29H40FN3O2Si/c1-28(2,3)36(5,6)35-21-29(24-15-11-8-12-16-24)17-23(22-13-9-7-10-14-22)20-33(29)27(34)32(4)26-19-31-18-25(26)30/h7-17,25-26,31H,18-21H2,1-6H3/t25-,26-,29-/m1/s1. The number of halogens is 1. The number of alkyl halides is 1. The van der Waals surface area contributed by atoms with Crippen LogP contribution >= 0.6 is 0 Å². The zero-order valence-corrected chi connectivity index (χ0v) is 23.4. The van der Waals surface area contributed by atoms with Crippen molar-refractivity contribution in [1.29, 1.82) is 0 Å². The summed E-state index contributed by atoms with van der Waals surface area (Å²) in [6, 6.07) is 19.6. The molecule has 0 bridgehead atoms. The van der Waals surface area contributed by atoms with Gasteiger partial charge in [0.2, 0.25) is 0 Å². The van der Waals surface area contributed by atoms with Crippen LogP contribution < -0.4 is 5.32 Å². The first-order valence-corrected chi connectivity index (χ1v) is 15.7. The highest BCUT2D eigenvalue weighted by atomic mass is 28.4. The predicted molar refractivity (Wildman–Crippen MR) is 147 cm³/mol. The fourth-order valence-corrected chi connectivity index (χ4v) is 5.82. The molecule has 2 amide bonds. The summed E-state index contributed by atoms with van der Waals surface area (Å²) in [4.78, 5) is 17.6. The molecule has 5 nitrogen and oxygen atoms in total. The number of likely N-dealkylation sites (N-methyl/N-ethyl adjacent to an activating group) is 1. The minimum absolute atomic E-state index is 0.0258. The molecule has 2 aliphatic heterocycles. The first-order valence-electron chi connectivity index (χ1n) is 12.8. The van der Waals surface area contributed by atoms with Crippen LogP contribution in [0.5, 0.6) is 0 Å². The van der Waals surface area contributed by atoms with E-state index in [-0.39, 0.29) is 17.6 Å². The smallest absolute Gasteiger partial charge is 0.321 e. The zero-order valence-electron chi connectivity index (χ0n) is 22.4. The molecule has 1 saturated heterocycles. The second-order valence-electron chi connectivity index (χ2n) is 11.6. The SMILES string of the molecule is CN(C(=O)N1CC(c2ccccc2)=C[C@@]1(CO[Si](C)(C)C(C)(C)C)c1ccccc1)[C@@H]1CNC[C@H]1F. The van der Waals surface area contributed by atoms with Gasteiger partial charge in [0.1, 0.15) is 11.7 Å². The van der Waals surface area contributed by atoms with E-state index in [1.54, 1.807) is 11.9 Å². The van der Waals surface area contributed by atoms with Gasteiger partial charge < -0.3 is 19.5 Å². The third kappa shape index (κ3) is 5.01. The average Bonchev–Trinajstić information content (AvgIpc) is 3.47. The highest BCUT2D eigenvalue weighted by Gasteiger charge is 2.49. The Kier molecular flexibility index (Phi) is 7.47. The van der Waals surface area contributed by atoms with Crippen LogP contribution in [0, 0.1) is 0 Å². The molecule has 36 heavy (non-hydrogen) atoms. The summed E-state index contributed by atoms with van der Waals surface area (Å²) >= 11 is 0. The maximum atomic E-state index is 14.7. The number of carbonyl (C=O) groups is 1. The van der Waals surface area contributed by atoms with Crippen molar-refractivity contribution in [1.82, 2.24) is 15.1 Å². The molecule has 2 aromatic rings. The second-order valence-corrected chi connectivity index (χ2v) is 16.4. The molecular weight excluding hydrogens is 469 g/mol. The van der Waals surface area contributed by atoms with E-state index in [9.17, 15) is 9.18 Å². The van der Waals surface area contributed by atoms with Crippen LogP contribution in [0.25, 0.3) is 5.57 Å². The summed E-state index contributed by atoms with van der Waals surface area (Å²) in [5, 5.41) is 3.10. The van der Waals surface area contributed by atoms with Crippen LogP contribution in [-0.2, 0) is 9.96 Å². The molecule has 0 radical (unpaired) electrons. The van der Waals surface area contributed by atoms with Crippen molar-refractivity contribution in [2.24, 2.45) is 0 Å². The quantitative estimate of drug-likeness (QED) is 0.511. The molecule has 1 N–H and O–H groups in total. The third-order valence-corrected chi connectivity index (χ3v) is 12.7. The monoisotopic (exact) mass is 509 g/mol. The van der Waals surface area contributed by atoms with E-state index in [1.807, 2.05) is 41.3 Å². The van der Waals surface area contributed by atoms with E-state index >= 15 is 0 Å². The minimum atomic E-state index is -2.13. The zero-order chi connectivity index (χ0) is 26.1. The Labute approximate surface area is 216 Å². The van der Waals surface area contributed by atoms with Gasteiger partial charge in [-0.1, -0.05) is 81.4 Å². The Balaban J connectivity index is 1.80. The number of carbonyl (C=O) groups excluding carboxylic acids is 1. The highest BCUT2D eigenvalue weighted by molar-refractivity contribution is 6.74. The van der Waals surface area contributed by atoms with Gasteiger partial charge in [-0.2, -0.15) is 0 Å². The van der Waals surface area contributed by atoms with E-state index in [0.717, 1.165) is 16.7 Å². The van der Waals surface area contributed by atoms with Crippen molar-refractivity contribution >= 4 is 19.9 Å².